The van der Waals surface area contributed by atoms with Crippen molar-refractivity contribution in [3.05, 3.63) is 28.7 Å². The molecule has 0 saturated heterocycles. The Bertz CT molecular complexity index is 303. The molecular formula is C12H18BrNOS. The quantitative estimate of drug-likeness (QED) is 0.782. The molecule has 1 aromatic carbocycles. The average molecular weight is 304 g/mol. The summed E-state index contributed by atoms with van der Waals surface area (Å²) >= 11 is 5.33. The molecule has 90 valence electrons. The van der Waals surface area contributed by atoms with Gasteiger partial charge in [0.25, 0.3) is 0 Å². The van der Waals surface area contributed by atoms with Crippen molar-refractivity contribution in [3.63, 3.8) is 0 Å². The molecular weight excluding hydrogens is 286 g/mol. The predicted octanol–water partition coefficient (Wildman–Crippen LogP) is 3.17. The van der Waals surface area contributed by atoms with Crippen LogP contribution >= 0.6 is 27.7 Å². The van der Waals surface area contributed by atoms with Gasteiger partial charge in [0.2, 0.25) is 0 Å². The summed E-state index contributed by atoms with van der Waals surface area (Å²) in [5.74, 6) is 1.03. The standard InChI is InChI=1S/C12H18BrNOS/c1-3-14-11(8-15-2)9-16-12-6-4-5-10(13)7-12/h4-7,11,14H,3,8-9H2,1-2H3. The van der Waals surface area contributed by atoms with E-state index in [1.165, 1.54) is 4.90 Å². The SMILES string of the molecule is CCNC(COC)CSc1cccc(Br)c1. The zero-order chi connectivity index (χ0) is 11.8. The molecule has 4 heteroatoms. The number of rotatable bonds is 7. The maximum absolute atomic E-state index is 5.18. The van der Waals surface area contributed by atoms with Crippen LogP contribution in [0.4, 0.5) is 0 Å². The third-order valence-corrected chi connectivity index (χ3v) is 3.76. The van der Waals surface area contributed by atoms with Crippen molar-refractivity contribution in [2.75, 3.05) is 26.0 Å². The molecule has 0 fully saturated rings. The average Bonchev–Trinajstić information content (AvgIpc) is 2.27. The highest BCUT2D eigenvalue weighted by molar-refractivity contribution is 9.10. The molecule has 0 bridgehead atoms. The molecule has 1 atom stereocenters. The summed E-state index contributed by atoms with van der Waals surface area (Å²) in [5.41, 5.74) is 0. The van der Waals surface area contributed by atoms with Gasteiger partial charge in [-0.25, -0.2) is 0 Å². The van der Waals surface area contributed by atoms with Crippen molar-refractivity contribution in [2.45, 2.75) is 17.9 Å². The third kappa shape index (κ3) is 5.34. The molecule has 1 rings (SSSR count). The van der Waals surface area contributed by atoms with Crippen molar-refractivity contribution in [2.24, 2.45) is 0 Å². The van der Waals surface area contributed by atoms with Crippen LogP contribution in [0.1, 0.15) is 6.92 Å². The smallest absolute Gasteiger partial charge is 0.0624 e. The number of likely N-dealkylation sites (N-methyl/N-ethyl adjacent to an activating group) is 1. The summed E-state index contributed by atoms with van der Waals surface area (Å²) in [6.07, 6.45) is 0. The van der Waals surface area contributed by atoms with Gasteiger partial charge in [-0.3, -0.25) is 0 Å². The van der Waals surface area contributed by atoms with Gasteiger partial charge >= 0.3 is 0 Å². The zero-order valence-electron chi connectivity index (χ0n) is 9.70. The maximum atomic E-state index is 5.18. The third-order valence-electron chi connectivity index (χ3n) is 2.11. The lowest BCUT2D eigenvalue weighted by Crippen LogP contribution is -2.35. The minimum atomic E-state index is 0.416. The van der Waals surface area contributed by atoms with Gasteiger partial charge in [-0.15, -0.1) is 11.8 Å². The normalized spacial score (nSPS) is 12.7. The second-order valence-corrected chi connectivity index (χ2v) is 5.49. The fourth-order valence-electron chi connectivity index (χ4n) is 1.41. The van der Waals surface area contributed by atoms with Gasteiger partial charge in [0.1, 0.15) is 0 Å². The van der Waals surface area contributed by atoms with Crippen LogP contribution in [0.2, 0.25) is 0 Å². The van der Waals surface area contributed by atoms with Gasteiger partial charge in [-0.05, 0) is 24.7 Å². The lowest BCUT2D eigenvalue weighted by atomic mass is 10.3. The van der Waals surface area contributed by atoms with E-state index in [1.807, 2.05) is 17.8 Å². The molecule has 1 N–H and O–H groups in total. The Labute approximate surface area is 110 Å². The van der Waals surface area contributed by atoms with Crippen LogP contribution in [0, 0.1) is 0 Å². The van der Waals surface area contributed by atoms with Crippen LogP contribution in [-0.4, -0.2) is 32.1 Å². The molecule has 1 aromatic rings. The number of hydrogen-bond donors (Lipinski definition) is 1. The van der Waals surface area contributed by atoms with Crippen LogP contribution < -0.4 is 5.32 Å². The Hall–Kier alpha value is -0.0300. The van der Waals surface area contributed by atoms with E-state index in [2.05, 4.69) is 46.4 Å². The van der Waals surface area contributed by atoms with Gasteiger partial charge in [0.15, 0.2) is 0 Å². The summed E-state index contributed by atoms with van der Waals surface area (Å²) in [6, 6.07) is 8.79. The topological polar surface area (TPSA) is 21.3 Å². The van der Waals surface area contributed by atoms with Crippen LogP contribution in [0.15, 0.2) is 33.6 Å². The van der Waals surface area contributed by atoms with Crippen LogP contribution in [-0.2, 0) is 4.74 Å². The number of thioether (sulfide) groups is 1. The van der Waals surface area contributed by atoms with E-state index in [0.29, 0.717) is 6.04 Å². The molecule has 0 amide bonds. The van der Waals surface area contributed by atoms with E-state index < -0.39 is 0 Å². The van der Waals surface area contributed by atoms with Crippen molar-refractivity contribution in [1.82, 2.24) is 5.32 Å². The highest BCUT2D eigenvalue weighted by atomic mass is 79.9. The van der Waals surface area contributed by atoms with Crippen molar-refractivity contribution in [3.8, 4) is 0 Å². The predicted molar refractivity (Wildman–Crippen MR) is 74.2 cm³/mol. The Morgan fingerprint density at radius 1 is 1.50 bits per heavy atom. The van der Waals surface area contributed by atoms with E-state index in [4.69, 9.17) is 4.74 Å². The van der Waals surface area contributed by atoms with Crippen LogP contribution in [0.3, 0.4) is 0 Å². The van der Waals surface area contributed by atoms with Crippen molar-refractivity contribution in [1.29, 1.82) is 0 Å². The van der Waals surface area contributed by atoms with Gasteiger partial charge in [-0.1, -0.05) is 28.9 Å². The monoisotopic (exact) mass is 303 g/mol. The number of hydrogen-bond acceptors (Lipinski definition) is 3. The largest absolute Gasteiger partial charge is 0.383 e. The summed E-state index contributed by atoms with van der Waals surface area (Å²) < 4.78 is 6.31. The second-order valence-electron chi connectivity index (χ2n) is 3.48. The van der Waals surface area contributed by atoms with Gasteiger partial charge in [0.05, 0.1) is 6.61 Å². The Morgan fingerprint density at radius 2 is 2.31 bits per heavy atom. The lowest BCUT2D eigenvalue weighted by molar-refractivity contribution is 0.174. The summed E-state index contributed by atoms with van der Waals surface area (Å²) in [4.78, 5) is 1.29. The van der Waals surface area contributed by atoms with Gasteiger partial charge in [-0.2, -0.15) is 0 Å². The Kier molecular flexibility index (Phi) is 7.12. The minimum absolute atomic E-state index is 0.416. The molecule has 16 heavy (non-hydrogen) atoms. The highest BCUT2D eigenvalue weighted by Gasteiger charge is 2.07. The van der Waals surface area contributed by atoms with Gasteiger partial charge in [0, 0.05) is 28.3 Å². The van der Waals surface area contributed by atoms with Crippen LogP contribution in [0.5, 0.6) is 0 Å². The number of halogens is 1. The minimum Gasteiger partial charge on any atom is -0.383 e. The molecule has 0 spiro atoms. The fraction of sp³-hybridized carbons (Fsp3) is 0.500. The number of ether oxygens (including phenoxy) is 1. The van der Waals surface area contributed by atoms with Crippen LogP contribution in [0.25, 0.3) is 0 Å². The van der Waals surface area contributed by atoms with Crippen molar-refractivity contribution < 1.29 is 4.74 Å². The molecule has 0 aliphatic heterocycles. The van der Waals surface area contributed by atoms with Crippen molar-refractivity contribution >= 4 is 27.7 Å². The molecule has 0 radical (unpaired) electrons. The zero-order valence-corrected chi connectivity index (χ0v) is 12.1. The molecule has 0 aliphatic rings. The van der Waals surface area contributed by atoms with Gasteiger partial charge < -0.3 is 10.1 Å². The molecule has 0 saturated carbocycles. The van der Waals surface area contributed by atoms with E-state index >= 15 is 0 Å². The second kappa shape index (κ2) is 8.12. The van der Waals surface area contributed by atoms with E-state index in [1.54, 1.807) is 7.11 Å². The number of methoxy groups -OCH3 is 1. The first-order chi connectivity index (χ1) is 7.76. The summed E-state index contributed by atoms with van der Waals surface area (Å²) in [6.45, 7) is 3.86. The van der Waals surface area contributed by atoms with E-state index in [9.17, 15) is 0 Å². The molecule has 2 nitrogen and oxygen atoms in total. The molecule has 0 aromatic heterocycles. The first-order valence-corrected chi connectivity index (χ1v) is 7.14. The Morgan fingerprint density at radius 3 is 2.94 bits per heavy atom. The lowest BCUT2D eigenvalue weighted by Gasteiger charge is -2.16. The number of benzene rings is 1. The first-order valence-electron chi connectivity index (χ1n) is 5.37. The summed E-state index contributed by atoms with van der Waals surface area (Å²) in [7, 11) is 1.74. The first kappa shape index (κ1) is 14.0. The summed E-state index contributed by atoms with van der Waals surface area (Å²) in [5, 5.41) is 3.41. The Balaban J connectivity index is 2.41. The molecule has 0 aliphatic carbocycles. The fourth-order valence-corrected chi connectivity index (χ4v) is 2.95. The maximum Gasteiger partial charge on any atom is 0.0624 e. The highest BCUT2D eigenvalue weighted by Crippen LogP contribution is 2.22. The number of nitrogens with one attached hydrogen (secondary N) is 1. The molecule has 0 heterocycles. The molecule has 1 unspecified atom stereocenters. The van der Waals surface area contributed by atoms with E-state index in [-0.39, 0.29) is 0 Å². The van der Waals surface area contributed by atoms with E-state index in [0.717, 1.165) is 23.4 Å².